The molecule has 2 N–H and O–H groups in total. The summed E-state index contributed by atoms with van der Waals surface area (Å²) in [6, 6.07) is 8.07. The number of benzene rings is 1. The number of pyridine rings is 1. The van der Waals surface area contributed by atoms with Gasteiger partial charge < -0.3 is 15.0 Å². The van der Waals surface area contributed by atoms with Crippen molar-refractivity contribution < 1.29 is 18.7 Å². The maximum atomic E-state index is 13.1. The predicted molar refractivity (Wildman–Crippen MR) is 99.1 cm³/mol. The van der Waals surface area contributed by atoms with Crippen LogP contribution in [0.2, 0.25) is 5.15 Å². The first-order valence-electron chi connectivity index (χ1n) is 8.32. The van der Waals surface area contributed by atoms with Crippen molar-refractivity contribution in [3.8, 4) is 0 Å². The molecule has 1 aromatic carbocycles. The van der Waals surface area contributed by atoms with Crippen LogP contribution in [0, 0.1) is 5.82 Å². The van der Waals surface area contributed by atoms with Crippen LogP contribution in [0.4, 0.5) is 4.39 Å². The number of rotatable bonds is 6. The van der Waals surface area contributed by atoms with Gasteiger partial charge in [-0.05, 0) is 36.8 Å². The highest BCUT2D eigenvalue weighted by Gasteiger charge is 2.24. The van der Waals surface area contributed by atoms with E-state index in [2.05, 4.69) is 15.3 Å². The molecule has 0 saturated heterocycles. The molecule has 27 heavy (non-hydrogen) atoms. The fourth-order valence-corrected chi connectivity index (χ4v) is 2.82. The van der Waals surface area contributed by atoms with Crippen molar-refractivity contribution in [2.75, 3.05) is 6.61 Å². The first kappa shape index (κ1) is 18.8. The van der Waals surface area contributed by atoms with Crippen molar-refractivity contribution in [3.05, 3.63) is 64.8 Å². The number of hydrogen-bond acceptors (Lipinski definition) is 4. The molecule has 0 aliphatic carbocycles. The topological polar surface area (TPSA) is 84.1 Å². The lowest BCUT2D eigenvalue weighted by Crippen LogP contribution is -2.43. The minimum atomic E-state index is -0.906. The average molecular weight is 390 g/mol. The number of aromatic amines is 1. The molecule has 0 radical (unpaired) electrons. The minimum absolute atomic E-state index is 0.179. The molecule has 0 aliphatic rings. The monoisotopic (exact) mass is 389 g/mol. The SMILES string of the molecule is CCOC(=O)[C@H](Cc1ccc(F)cc1)NC(=O)c1cc2cc(Cl)ncc2[nH]1. The number of halogens is 2. The number of nitrogens with zero attached hydrogens (tertiary/aromatic N) is 1. The Balaban J connectivity index is 1.79. The number of H-pyrrole nitrogens is 1. The molecule has 1 amide bonds. The standard InChI is InChI=1S/C19H17ClFN3O3/c1-2-27-19(26)15(7-11-3-5-13(21)6-4-11)24-18(25)14-8-12-9-17(20)22-10-16(12)23-14/h3-6,8-10,15,23H,2,7H2,1H3,(H,24,25)/t15-/m0/s1. The smallest absolute Gasteiger partial charge is 0.328 e. The third-order valence-corrected chi connectivity index (χ3v) is 4.15. The molecule has 0 unspecified atom stereocenters. The first-order valence-corrected chi connectivity index (χ1v) is 8.70. The Morgan fingerprint density at radius 1 is 1.30 bits per heavy atom. The number of carbonyl (C=O) groups excluding carboxylic acids is 2. The van der Waals surface area contributed by atoms with Crippen molar-refractivity contribution in [2.24, 2.45) is 0 Å². The Hall–Kier alpha value is -2.93. The third-order valence-electron chi connectivity index (χ3n) is 3.95. The van der Waals surface area contributed by atoms with Gasteiger partial charge in [0.2, 0.25) is 0 Å². The number of amides is 1. The third kappa shape index (κ3) is 4.62. The lowest BCUT2D eigenvalue weighted by Gasteiger charge is -2.17. The molecule has 0 aliphatic heterocycles. The zero-order chi connectivity index (χ0) is 19.4. The lowest BCUT2D eigenvalue weighted by atomic mass is 10.1. The van der Waals surface area contributed by atoms with Gasteiger partial charge in [-0.15, -0.1) is 0 Å². The summed E-state index contributed by atoms with van der Waals surface area (Å²) >= 11 is 5.86. The number of fused-ring (bicyclic) bond motifs is 1. The molecule has 0 saturated carbocycles. The summed E-state index contributed by atoms with van der Waals surface area (Å²) in [5.74, 6) is -1.40. The first-order chi connectivity index (χ1) is 13.0. The number of nitrogens with one attached hydrogen (secondary N) is 2. The second-order valence-electron chi connectivity index (χ2n) is 5.89. The molecule has 1 atom stereocenters. The summed E-state index contributed by atoms with van der Waals surface area (Å²) in [5, 5.41) is 3.71. The van der Waals surface area contributed by atoms with Gasteiger partial charge in [-0.2, -0.15) is 0 Å². The molecule has 0 spiro atoms. The maximum Gasteiger partial charge on any atom is 0.328 e. The van der Waals surface area contributed by atoms with Gasteiger partial charge in [-0.3, -0.25) is 4.79 Å². The van der Waals surface area contributed by atoms with Crippen LogP contribution in [-0.2, 0) is 16.0 Å². The van der Waals surface area contributed by atoms with E-state index in [4.69, 9.17) is 16.3 Å². The zero-order valence-corrected chi connectivity index (χ0v) is 15.2. The Morgan fingerprint density at radius 3 is 2.74 bits per heavy atom. The molecule has 140 valence electrons. The quantitative estimate of drug-likeness (QED) is 0.500. The van der Waals surface area contributed by atoms with Crippen molar-refractivity contribution in [1.82, 2.24) is 15.3 Å². The van der Waals surface area contributed by atoms with Crippen LogP contribution in [0.1, 0.15) is 23.0 Å². The largest absolute Gasteiger partial charge is 0.464 e. The van der Waals surface area contributed by atoms with Crippen LogP contribution in [-0.4, -0.2) is 34.5 Å². The minimum Gasteiger partial charge on any atom is -0.464 e. The highest BCUT2D eigenvalue weighted by molar-refractivity contribution is 6.30. The van der Waals surface area contributed by atoms with Crippen LogP contribution >= 0.6 is 11.6 Å². The van der Waals surface area contributed by atoms with E-state index >= 15 is 0 Å². The Labute approximate surface area is 159 Å². The summed E-state index contributed by atoms with van der Waals surface area (Å²) in [4.78, 5) is 31.7. The van der Waals surface area contributed by atoms with E-state index in [1.54, 1.807) is 31.2 Å². The van der Waals surface area contributed by atoms with Crippen molar-refractivity contribution in [2.45, 2.75) is 19.4 Å². The van der Waals surface area contributed by atoms with Gasteiger partial charge in [-0.1, -0.05) is 23.7 Å². The van der Waals surface area contributed by atoms with E-state index in [0.717, 1.165) is 5.39 Å². The maximum absolute atomic E-state index is 13.1. The van der Waals surface area contributed by atoms with E-state index in [1.807, 2.05) is 0 Å². The van der Waals surface area contributed by atoms with Gasteiger partial charge in [0.15, 0.2) is 0 Å². The van der Waals surface area contributed by atoms with Gasteiger partial charge in [0.25, 0.3) is 5.91 Å². The van der Waals surface area contributed by atoms with Crippen molar-refractivity contribution in [3.63, 3.8) is 0 Å². The highest BCUT2D eigenvalue weighted by Crippen LogP contribution is 2.18. The van der Waals surface area contributed by atoms with E-state index < -0.39 is 17.9 Å². The molecular formula is C19H17ClFN3O3. The highest BCUT2D eigenvalue weighted by atomic mass is 35.5. The number of esters is 1. The molecule has 0 bridgehead atoms. The van der Waals surface area contributed by atoms with Crippen LogP contribution < -0.4 is 5.32 Å². The predicted octanol–water partition coefficient (Wildman–Crippen LogP) is 3.26. The molecule has 8 heteroatoms. The zero-order valence-electron chi connectivity index (χ0n) is 14.5. The molecule has 2 heterocycles. The molecule has 6 nitrogen and oxygen atoms in total. The molecule has 0 fully saturated rings. The fraction of sp³-hybridized carbons (Fsp3) is 0.211. The van der Waals surface area contributed by atoms with Crippen LogP contribution in [0.15, 0.2) is 42.6 Å². The van der Waals surface area contributed by atoms with Crippen molar-refractivity contribution >= 4 is 34.4 Å². The van der Waals surface area contributed by atoms with E-state index in [0.29, 0.717) is 16.2 Å². The molecule has 2 aromatic heterocycles. The van der Waals surface area contributed by atoms with Gasteiger partial charge >= 0.3 is 5.97 Å². The summed E-state index contributed by atoms with van der Waals surface area (Å²) in [5.41, 5.74) is 1.61. The van der Waals surface area contributed by atoms with E-state index in [9.17, 15) is 14.0 Å². The Bertz CT molecular complexity index is 972. The molecular weight excluding hydrogens is 373 g/mol. The van der Waals surface area contributed by atoms with Gasteiger partial charge in [0, 0.05) is 11.8 Å². The molecule has 3 rings (SSSR count). The number of aromatic nitrogens is 2. The van der Waals surface area contributed by atoms with Crippen molar-refractivity contribution in [1.29, 1.82) is 0 Å². The number of ether oxygens (including phenoxy) is 1. The molecule has 3 aromatic rings. The lowest BCUT2D eigenvalue weighted by molar-refractivity contribution is -0.145. The second kappa shape index (κ2) is 8.18. The van der Waals surface area contributed by atoms with Crippen LogP contribution in [0.5, 0.6) is 0 Å². The van der Waals surface area contributed by atoms with Crippen LogP contribution in [0.3, 0.4) is 0 Å². The summed E-state index contributed by atoms with van der Waals surface area (Å²) < 4.78 is 18.1. The van der Waals surface area contributed by atoms with E-state index in [-0.39, 0.29) is 24.5 Å². The summed E-state index contributed by atoms with van der Waals surface area (Å²) in [7, 11) is 0. The van der Waals surface area contributed by atoms with E-state index in [1.165, 1.54) is 18.3 Å². The Kier molecular flexibility index (Phi) is 5.71. The number of hydrogen-bond donors (Lipinski definition) is 2. The average Bonchev–Trinajstić information content (AvgIpc) is 3.06. The second-order valence-corrected chi connectivity index (χ2v) is 6.27. The normalized spacial score (nSPS) is 12.0. The van der Waals surface area contributed by atoms with Gasteiger partial charge in [0.05, 0.1) is 18.3 Å². The van der Waals surface area contributed by atoms with Gasteiger partial charge in [0.1, 0.15) is 22.7 Å². The summed E-state index contributed by atoms with van der Waals surface area (Å²) in [6.45, 7) is 1.87. The Morgan fingerprint density at radius 2 is 2.04 bits per heavy atom. The fourth-order valence-electron chi connectivity index (χ4n) is 2.66. The van der Waals surface area contributed by atoms with Crippen LogP contribution in [0.25, 0.3) is 10.9 Å². The number of carbonyl (C=O) groups is 2. The summed E-state index contributed by atoms with van der Waals surface area (Å²) in [6.07, 6.45) is 1.70. The van der Waals surface area contributed by atoms with Gasteiger partial charge in [-0.25, -0.2) is 14.2 Å².